The standard InChI is InChI=1S/C31H37N3O9S/c1-31(2,12-6-13-32)19-34(44(37,38)22-9-10-26-27(16-22)42-20-41-26)17-25(35)24(15-21-7-4-3-5-8-21)33-30(36)43-28-18-40-29-23(28)11-14-39-29/h3-5,7-11,14,16,18,24-25,35H,6,12-13,15,17,19-20,32H2,1-2H3,(H,33,36)/t24-,25+/m0/s1. The van der Waals surface area contributed by atoms with Gasteiger partial charge in [-0.2, -0.15) is 4.31 Å². The number of hydrogen-bond donors (Lipinski definition) is 3. The SMILES string of the molecule is CC(C)(CCCN)CN(C[C@@H](O)[C@H](Cc1ccccc1)NC(=O)Oc1coc2occc12)S(=O)(=O)c1ccc2c(c1)OCO2. The van der Waals surface area contributed by atoms with Crippen LogP contribution in [0.4, 0.5) is 4.79 Å². The van der Waals surface area contributed by atoms with Crippen LogP contribution in [0, 0.1) is 5.41 Å². The van der Waals surface area contributed by atoms with Gasteiger partial charge in [-0.3, -0.25) is 0 Å². The van der Waals surface area contributed by atoms with Crippen LogP contribution in [0.2, 0.25) is 0 Å². The molecule has 0 unspecified atom stereocenters. The summed E-state index contributed by atoms with van der Waals surface area (Å²) in [4.78, 5) is 13.1. The number of benzene rings is 2. The lowest BCUT2D eigenvalue weighted by Gasteiger charge is -2.35. The Labute approximate surface area is 255 Å². The Morgan fingerprint density at radius 3 is 2.66 bits per heavy atom. The molecule has 12 nitrogen and oxygen atoms in total. The van der Waals surface area contributed by atoms with Crippen molar-refractivity contribution in [3.05, 3.63) is 72.7 Å². The number of aliphatic hydroxyl groups is 1. The number of nitrogens with zero attached hydrogens (tertiary/aromatic N) is 1. The molecule has 0 radical (unpaired) electrons. The van der Waals surface area contributed by atoms with E-state index in [4.69, 9.17) is 28.8 Å². The number of aliphatic hydroxyl groups excluding tert-OH is 1. The largest absolute Gasteiger partial charge is 0.454 e. The molecule has 0 spiro atoms. The number of carbonyl (C=O) groups excluding carboxylic acids is 1. The van der Waals surface area contributed by atoms with E-state index >= 15 is 0 Å². The van der Waals surface area contributed by atoms with Crippen LogP contribution in [-0.2, 0) is 16.4 Å². The number of furan rings is 2. The Hall–Kier alpha value is -4.04. The van der Waals surface area contributed by atoms with Gasteiger partial charge in [-0.05, 0) is 55.0 Å². The van der Waals surface area contributed by atoms with Crippen molar-refractivity contribution in [3.8, 4) is 17.2 Å². The average Bonchev–Trinajstić information content (AvgIpc) is 3.74. The molecule has 0 saturated carbocycles. The van der Waals surface area contributed by atoms with Crippen LogP contribution in [0.5, 0.6) is 17.2 Å². The summed E-state index contributed by atoms with van der Waals surface area (Å²) >= 11 is 0. The van der Waals surface area contributed by atoms with Crippen molar-refractivity contribution in [1.29, 1.82) is 0 Å². The summed E-state index contributed by atoms with van der Waals surface area (Å²) in [5.74, 6) is 1.13. The number of nitrogens with two attached hydrogens (primary N) is 1. The molecule has 1 aliphatic rings. The van der Waals surface area contributed by atoms with Gasteiger partial charge < -0.3 is 39.2 Å². The highest BCUT2D eigenvalue weighted by molar-refractivity contribution is 7.89. The third-order valence-corrected chi connectivity index (χ3v) is 9.28. The highest BCUT2D eigenvalue weighted by atomic mass is 32.2. The van der Waals surface area contributed by atoms with Crippen LogP contribution < -0.4 is 25.3 Å². The number of fused-ring (bicyclic) bond motifs is 2. The van der Waals surface area contributed by atoms with Crippen LogP contribution in [0.1, 0.15) is 32.3 Å². The highest BCUT2D eigenvalue weighted by Gasteiger charge is 2.35. The number of hydrogen-bond acceptors (Lipinski definition) is 10. The minimum absolute atomic E-state index is 0.000333. The van der Waals surface area contributed by atoms with E-state index in [1.807, 2.05) is 44.2 Å². The molecule has 13 heteroatoms. The van der Waals surface area contributed by atoms with Crippen molar-refractivity contribution in [1.82, 2.24) is 9.62 Å². The van der Waals surface area contributed by atoms with Crippen molar-refractivity contribution >= 4 is 27.3 Å². The first kappa shape index (κ1) is 31.4. The molecule has 1 aliphatic heterocycles. The second-order valence-corrected chi connectivity index (χ2v) is 13.4. The molecule has 44 heavy (non-hydrogen) atoms. The summed E-state index contributed by atoms with van der Waals surface area (Å²) in [6.07, 6.45) is 2.06. The van der Waals surface area contributed by atoms with Crippen molar-refractivity contribution < 1.29 is 41.4 Å². The van der Waals surface area contributed by atoms with Crippen molar-refractivity contribution in [2.45, 2.75) is 50.2 Å². The van der Waals surface area contributed by atoms with Gasteiger partial charge in [0, 0.05) is 19.2 Å². The third kappa shape index (κ3) is 7.36. The van der Waals surface area contributed by atoms with E-state index in [1.165, 1.54) is 29.0 Å². The maximum absolute atomic E-state index is 14.1. The minimum atomic E-state index is -4.13. The molecule has 4 aromatic rings. The molecule has 0 saturated heterocycles. The smallest absolute Gasteiger partial charge is 0.413 e. The Morgan fingerprint density at radius 1 is 1.11 bits per heavy atom. The number of amides is 1. The molecule has 2 aromatic heterocycles. The van der Waals surface area contributed by atoms with Gasteiger partial charge in [0.1, 0.15) is 11.6 Å². The van der Waals surface area contributed by atoms with Crippen LogP contribution >= 0.6 is 0 Å². The minimum Gasteiger partial charge on any atom is -0.454 e. The van der Waals surface area contributed by atoms with Gasteiger partial charge in [-0.25, -0.2) is 13.2 Å². The van der Waals surface area contributed by atoms with E-state index < -0.39 is 33.7 Å². The van der Waals surface area contributed by atoms with E-state index in [0.717, 1.165) is 5.56 Å². The molecule has 4 N–H and O–H groups in total. The predicted octanol–water partition coefficient (Wildman–Crippen LogP) is 4.27. The molecule has 2 atom stereocenters. The third-order valence-electron chi connectivity index (χ3n) is 7.47. The molecule has 5 rings (SSSR count). The van der Waals surface area contributed by atoms with Crippen LogP contribution in [0.3, 0.4) is 0 Å². The summed E-state index contributed by atoms with van der Waals surface area (Å²) in [7, 11) is -4.13. The number of carbonyl (C=O) groups is 1. The van der Waals surface area contributed by atoms with Crippen LogP contribution in [0.15, 0.2) is 80.9 Å². The van der Waals surface area contributed by atoms with Gasteiger partial charge in [0.2, 0.25) is 16.8 Å². The summed E-state index contributed by atoms with van der Waals surface area (Å²) < 4.78 is 56.1. The maximum atomic E-state index is 14.1. The number of rotatable bonds is 14. The van der Waals surface area contributed by atoms with Gasteiger partial charge in [0.05, 0.1) is 23.3 Å². The maximum Gasteiger partial charge on any atom is 0.413 e. The lowest BCUT2D eigenvalue weighted by molar-refractivity contribution is 0.0914. The second-order valence-electron chi connectivity index (χ2n) is 11.5. The Morgan fingerprint density at radius 2 is 1.89 bits per heavy atom. The Bertz CT molecular complexity index is 1670. The van der Waals surface area contributed by atoms with Crippen molar-refractivity contribution in [3.63, 3.8) is 0 Å². The molecule has 0 aliphatic carbocycles. The highest BCUT2D eigenvalue weighted by Crippen LogP contribution is 2.36. The number of nitrogens with one attached hydrogen (secondary N) is 1. The number of sulfonamides is 1. The quantitative estimate of drug-likeness (QED) is 0.184. The zero-order chi connectivity index (χ0) is 31.3. The van der Waals surface area contributed by atoms with Crippen molar-refractivity contribution in [2.24, 2.45) is 11.1 Å². The Kier molecular flexibility index (Phi) is 9.49. The van der Waals surface area contributed by atoms with Gasteiger partial charge in [0.15, 0.2) is 17.2 Å². The van der Waals surface area contributed by atoms with E-state index in [0.29, 0.717) is 36.3 Å². The van der Waals surface area contributed by atoms with Crippen molar-refractivity contribution in [2.75, 3.05) is 26.4 Å². The number of ether oxygens (including phenoxy) is 3. The van der Waals surface area contributed by atoms with Gasteiger partial charge in [-0.1, -0.05) is 44.2 Å². The zero-order valence-corrected chi connectivity index (χ0v) is 25.4. The van der Waals surface area contributed by atoms with E-state index in [2.05, 4.69) is 5.32 Å². The lowest BCUT2D eigenvalue weighted by atomic mass is 9.87. The fourth-order valence-electron chi connectivity index (χ4n) is 5.16. The molecule has 3 heterocycles. The summed E-state index contributed by atoms with van der Waals surface area (Å²) in [6, 6.07) is 14.4. The molecule has 1 amide bonds. The monoisotopic (exact) mass is 627 g/mol. The molecule has 0 fully saturated rings. The molecular weight excluding hydrogens is 590 g/mol. The first-order valence-corrected chi connectivity index (χ1v) is 15.7. The van der Waals surface area contributed by atoms with Gasteiger partial charge in [0.25, 0.3) is 0 Å². The predicted molar refractivity (Wildman–Crippen MR) is 161 cm³/mol. The summed E-state index contributed by atoms with van der Waals surface area (Å²) in [6.45, 7) is 4.16. The Balaban J connectivity index is 1.41. The lowest BCUT2D eigenvalue weighted by Crippen LogP contribution is -2.52. The van der Waals surface area contributed by atoms with E-state index in [-0.39, 0.29) is 42.7 Å². The summed E-state index contributed by atoms with van der Waals surface area (Å²) in [5.41, 5.74) is 6.10. The second kappa shape index (κ2) is 13.3. The van der Waals surface area contributed by atoms with Gasteiger partial charge in [-0.15, -0.1) is 0 Å². The molecular formula is C31H37N3O9S. The average molecular weight is 628 g/mol. The first-order valence-electron chi connectivity index (χ1n) is 14.3. The van der Waals surface area contributed by atoms with Gasteiger partial charge >= 0.3 is 11.9 Å². The van der Waals surface area contributed by atoms with Crippen LogP contribution in [0.25, 0.3) is 11.2 Å². The van der Waals surface area contributed by atoms with Crippen LogP contribution in [-0.4, -0.2) is 62.5 Å². The normalized spacial score (nSPS) is 14.6. The molecule has 0 bridgehead atoms. The first-order chi connectivity index (χ1) is 21.1. The van der Waals surface area contributed by atoms with E-state index in [1.54, 1.807) is 12.1 Å². The molecule has 236 valence electrons. The van der Waals surface area contributed by atoms with E-state index in [9.17, 15) is 18.3 Å². The summed E-state index contributed by atoms with van der Waals surface area (Å²) in [5, 5.41) is 14.8. The molecule has 2 aromatic carbocycles. The topological polar surface area (TPSA) is 167 Å². The fraction of sp³-hybridized carbons (Fsp3) is 0.387. The zero-order valence-electron chi connectivity index (χ0n) is 24.6. The fourth-order valence-corrected chi connectivity index (χ4v) is 6.82.